The summed E-state index contributed by atoms with van der Waals surface area (Å²) in [5.74, 6) is 0.544. The van der Waals surface area contributed by atoms with Gasteiger partial charge in [-0.25, -0.2) is 9.97 Å². The summed E-state index contributed by atoms with van der Waals surface area (Å²) in [7, 11) is 1.79. The highest BCUT2D eigenvalue weighted by molar-refractivity contribution is 7.15. The van der Waals surface area contributed by atoms with Crippen LogP contribution in [-0.2, 0) is 19.1 Å². The van der Waals surface area contributed by atoms with Crippen molar-refractivity contribution in [2.75, 3.05) is 19.3 Å². The summed E-state index contributed by atoms with van der Waals surface area (Å²) in [4.78, 5) is 21.1. The van der Waals surface area contributed by atoms with Gasteiger partial charge in [-0.1, -0.05) is 44.0 Å². The van der Waals surface area contributed by atoms with E-state index >= 15 is 0 Å². The number of benzene rings is 2. The van der Waals surface area contributed by atoms with Crippen LogP contribution in [0.2, 0.25) is 5.02 Å². The minimum atomic E-state index is -4.49. The van der Waals surface area contributed by atoms with Gasteiger partial charge in [-0.3, -0.25) is 9.36 Å². The molecule has 11 heteroatoms. The van der Waals surface area contributed by atoms with Crippen molar-refractivity contribution in [1.29, 1.82) is 0 Å². The molecule has 6 nitrogen and oxygen atoms in total. The maximum atomic E-state index is 13.4. The van der Waals surface area contributed by atoms with Gasteiger partial charge in [0.25, 0.3) is 5.56 Å². The Bertz CT molecular complexity index is 1380. The zero-order valence-corrected chi connectivity index (χ0v) is 21.7. The number of halogens is 4. The van der Waals surface area contributed by atoms with Crippen LogP contribution in [0.4, 0.5) is 18.9 Å². The summed E-state index contributed by atoms with van der Waals surface area (Å²) in [6, 6.07) is 10.1. The molecule has 3 N–H and O–H groups in total. The maximum absolute atomic E-state index is 13.4. The van der Waals surface area contributed by atoms with E-state index in [4.69, 9.17) is 17.3 Å². The highest BCUT2D eigenvalue weighted by atomic mass is 35.5. The van der Waals surface area contributed by atoms with Crippen LogP contribution in [0.3, 0.4) is 0 Å². The predicted octanol–water partition coefficient (Wildman–Crippen LogP) is 6.00. The lowest BCUT2D eigenvalue weighted by molar-refractivity contribution is -0.134. The fraction of sp³-hybridized carbons (Fsp3) is 0.320. The molecule has 0 saturated heterocycles. The summed E-state index contributed by atoms with van der Waals surface area (Å²) in [6.45, 7) is 5.13. The first kappa shape index (κ1) is 27.6. The molecule has 4 aromatic rings. The number of nitrogens with zero attached hydrogens (tertiary/aromatic N) is 3. The largest absolute Gasteiger partial charge is 0.427 e. The number of fused-ring (bicyclic) bond motifs is 1. The SMILES string of the molecule is CCC.CNCCc1nc2cc(-c3ncc(C(F)(F)F)s3)c(N)cc2c(=O)n1Cc1ccc(Cl)cc1. The molecule has 0 radical (unpaired) electrons. The zero-order chi connectivity index (χ0) is 26.5. The van der Waals surface area contributed by atoms with Crippen molar-refractivity contribution in [2.24, 2.45) is 0 Å². The van der Waals surface area contributed by atoms with Crippen LogP contribution in [-0.4, -0.2) is 28.1 Å². The van der Waals surface area contributed by atoms with E-state index in [1.54, 1.807) is 23.7 Å². The van der Waals surface area contributed by atoms with Crippen molar-refractivity contribution >= 4 is 39.5 Å². The number of likely N-dealkylation sites (N-methyl/N-ethyl adjacent to an activating group) is 1. The van der Waals surface area contributed by atoms with Crippen LogP contribution in [0.15, 0.2) is 47.4 Å². The molecule has 0 atom stereocenters. The maximum Gasteiger partial charge on any atom is 0.427 e. The van der Waals surface area contributed by atoms with E-state index in [-0.39, 0.29) is 21.6 Å². The summed E-state index contributed by atoms with van der Waals surface area (Å²) in [6.07, 6.45) is -1.99. The van der Waals surface area contributed by atoms with Gasteiger partial charge in [-0.05, 0) is 36.9 Å². The summed E-state index contributed by atoms with van der Waals surface area (Å²) in [5.41, 5.74) is 7.54. The molecule has 2 aromatic heterocycles. The Kier molecular flexibility index (Phi) is 9.10. The first-order valence-electron chi connectivity index (χ1n) is 11.3. The Morgan fingerprint density at radius 1 is 1.17 bits per heavy atom. The van der Waals surface area contributed by atoms with E-state index in [2.05, 4.69) is 29.1 Å². The van der Waals surface area contributed by atoms with Gasteiger partial charge in [0.15, 0.2) is 0 Å². The molecule has 192 valence electrons. The van der Waals surface area contributed by atoms with Gasteiger partial charge >= 0.3 is 6.18 Å². The molecule has 2 aromatic carbocycles. The molecule has 0 aliphatic rings. The van der Waals surface area contributed by atoms with Crippen molar-refractivity contribution < 1.29 is 13.2 Å². The van der Waals surface area contributed by atoms with Crippen molar-refractivity contribution in [1.82, 2.24) is 19.9 Å². The van der Waals surface area contributed by atoms with Crippen molar-refractivity contribution in [3.8, 4) is 10.6 Å². The molecule has 0 unspecified atom stereocenters. The standard InChI is InChI=1S/C22H19ClF3N5OS.C3H8/c1-28-7-6-19-30-17-9-14(20-29-10-18(33-20)22(24,25)26)16(27)8-15(17)21(32)31(19)11-12-2-4-13(23)5-3-12;1-3-2/h2-5,8-10,28H,6-7,11,27H2,1H3;3H2,1-2H3. The third kappa shape index (κ3) is 6.43. The molecular formula is C25H27ClF3N5OS. The molecule has 4 rings (SSSR count). The smallest absolute Gasteiger partial charge is 0.398 e. The normalized spacial score (nSPS) is 11.4. The Balaban J connectivity index is 0.00000115. The lowest BCUT2D eigenvalue weighted by Gasteiger charge is -2.15. The number of nitrogens with two attached hydrogens (primary N) is 1. The topological polar surface area (TPSA) is 85.8 Å². The number of aromatic nitrogens is 3. The molecule has 36 heavy (non-hydrogen) atoms. The van der Waals surface area contributed by atoms with Crippen LogP contribution in [0.25, 0.3) is 21.5 Å². The number of anilines is 1. The molecule has 2 heterocycles. The van der Waals surface area contributed by atoms with Crippen LogP contribution in [0.1, 0.15) is 36.5 Å². The number of alkyl halides is 3. The average molecular weight is 538 g/mol. The fourth-order valence-electron chi connectivity index (χ4n) is 3.41. The van der Waals surface area contributed by atoms with Gasteiger partial charge in [0.1, 0.15) is 15.7 Å². The lowest BCUT2D eigenvalue weighted by atomic mass is 10.1. The van der Waals surface area contributed by atoms with Gasteiger partial charge in [0.05, 0.1) is 23.6 Å². The second kappa shape index (κ2) is 11.9. The first-order valence-corrected chi connectivity index (χ1v) is 12.5. The Labute approximate surface area is 216 Å². The number of thiazole rings is 1. The highest BCUT2D eigenvalue weighted by Gasteiger charge is 2.33. The number of hydrogen-bond acceptors (Lipinski definition) is 6. The molecule has 0 bridgehead atoms. The van der Waals surface area contributed by atoms with Gasteiger partial charge in [0.2, 0.25) is 0 Å². The second-order valence-electron chi connectivity index (χ2n) is 8.09. The second-order valence-corrected chi connectivity index (χ2v) is 9.56. The number of rotatable bonds is 6. The number of nitrogen functional groups attached to an aromatic ring is 1. The summed E-state index contributed by atoms with van der Waals surface area (Å²) >= 11 is 6.46. The number of nitrogens with one attached hydrogen (secondary N) is 1. The van der Waals surface area contributed by atoms with Crippen molar-refractivity contribution in [3.63, 3.8) is 0 Å². The molecule has 0 amide bonds. The van der Waals surface area contributed by atoms with Gasteiger partial charge in [-0.2, -0.15) is 13.2 Å². The molecule has 0 aliphatic heterocycles. The van der Waals surface area contributed by atoms with E-state index in [0.29, 0.717) is 52.8 Å². The first-order chi connectivity index (χ1) is 17.1. The van der Waals surface area contributed by atoms with Crippen LogP contribution >= 0.6 is 22.9 Å². The Morgan fingerprint density at radius 3 is 2.42 bits per heavy atom. The molecule has 0 fully saturated rings. The molecule has 0 saturated carbocycles. The minimum Gasteiger partial charge on any atom is -0.398 e. The number of hydrogen-bond donors (Lipinski definition) is 2. The third-order valence-electron chi connectivity index (χ3n) is 5.07. The molecule has 0 spiro atoms. The predicted molar refractivity (Wildman–Crippen MR) is 141 cm³/mol. The van der Waals surface area contributed by atoms with E-state index in [0.717, 1.165) is 11.8 Å². The van der Waals surface area contributed by atoms with Crippen LogP contribution < -0.4 is 16.6 Å². The highest BCUT2D eigenvalue weighted by Crippen LogP contribution is 2.38. The average Bonchev–Trinajstić information content (AvgIpc) is 3.32. The van der Waals surface area contributed by atoms with E-state index < -0.39 is 11.1 Å². The van der Waals surface area contributed by atoms with Crippen molar-refractivity contribution in [3.05, 3.63) is 74.2 Å². The van der Waals surface area contributed by atoms with Crippen LogP contribution in [0.5, 0.6) is 0 Å². The van der Waals surface area contributed by atoms with Gasteiger partial charge < -0.3 is 11.1 Å². The third-order valence-corrected chi connectivity index (χ3v) is 6.40. The van der Waals surface area contributed by atoms with E-state index in [1.807, 2.05) is 12.1 Å². The summed E-state index contributed by atoms with van der Waals surface area (Å²) in [5, 5.41) is 4.03. The quantitative estimate of drug-likeness (QED) is 0.295. The van der Waals surface area contributed by atoms with E-state index in [1.165, 1.54) is 18.6 Å². The Morgan fingerprint density at radius 2 is 1.83 bits per heavy atom. The molecule has 0 aliphatic carbocycles. The van der Waals surface area contributed by atoms with Crippen LogP contribution in [0, 0.1) is 0 Å². The summed E-state index contributed by atoms with van der Waals surface area (Å²) < 4.78 is 40.6. The minimum absolute atomic E-state index is 0.116. The fourth-order valence-corrected chi connectivity index (χ4v) is 4.36. The van der Waals surface area contributed by atoms with Gasteiger partial charge in [-0.15, -0.1) is 11.3 Å². The lowest BCUT2D eigenvalue weighted by Crippen LogP contribution is -2.28. The Hall–Kier alpha value is -2.95. The molecular weight excluding hydrogens is 511 g/mol. The monoisotopic (exact) mass is 537 g/mol. The van der Waals surface area contributed by atoms with Crippen molar-refractivity contribution in [2.45, 2.75) is 39.4 Å². The van der Waals surface area contributed by atoms with E-state index in [9.17, 15) is 18.0 Å². The zero-order valence-electron chi connectivity index (χ0n) is 20.1. The van der Waals surface area contributed by atoms with Gasteiger partial charge in [0, 0.05) is 29.2 Å².